The lowest BCUT2D eigenvalue weighted by atomic mass is 10.1. The Morgan fingerprint density at radius 2 is 2.00 bits per heavy atom. The van der Waals surface area contributed by atoms with Crippen molar-refractivity contribution in [1.82, 2.24) is 4.90 Å². The molecule has 1 atom stereocenters. The number of halogens is 4. The zero-order valence-electron chi connectivity index (χ0n) is 12.0. The summed E-state index contributed by atoms with van der Waals surface area (Å²) >= 11 is 0. The number of ether oxygens (including phenoxy) is 1. The van der Waals surface area contributed by atoms with Gasteiger partial charge < -0.3 is 9.64 Å². The molecule has 1 unspecified atom stereocenters. The van der Waals surface area contributed by atoms with Crippen LogP contribution in [0, 0.1) is 11.7 Å². The van der Waals surface area contributed by atoms with Crippen molar-refractivity contribution in [3.05, 3.63) is 35.1 Å². The first-order valence-electron chi connectivity index (χ1n) is 6.28. The molecule has 0 aromatic heterocycles. The molecule has 1 amide bonds. The largest absolute Gasteiger partial charge is 0.416 e. The third kappa shape index (κ3) is 4.70. The van der Waals surface area contributed by atoms with E-state index in [0.717, 1.165) is 0 Å². The lowest BCUT2D eigenvalue weighted by Crippen LogP contribution is -2.33. The van der Waals surface area contributed by atoms with Crippen LogP contribution in [0.15, 0.2) is 18.2 Å². The fourth-order valence-electron chi connectivity index (χ4n) is 1.96. The van der Waals surface area contributed by atoms with Gasteiger partial charge in [-0.2, -0.15) is 13.2 Å². The number of nitrogens with zero attached hydrogens (tertiary/aromatic N) is 1. The monoisotopic (exact) mass is 307 g/mol. The van der Waals surface area contributed by atoms with Crippen molar-refractivity contribution in [2.45, 2.75) is 13.1 Å². The Morgan fingerprint density at radius 3 is 2.52 bits per heavy atom. The second-order valence-corrected chi connectivity index (χ2v) is 4.94. The van der Waals surface area contributed by atoms with Gasteiger partial charge in [0.2, 0.25) is 0 Å². The highest BCUT2D eigenvalue weighted by Crippen LogP contribution is 2.30. The summed E-state index contributed by atoms with van der Waals surface area (Å²) in [5, 5.41) is 0. The summed E-state index contributed by atoms with van der Waals surface area (Å²) in [6.45, 7) is 2.46. The van der Waals surface area contributed by atoms with Crippen molar-refractivity contribution in [3.8, 4) is 0 Å². The molecule has 0 fully saturated rings. The fraction of sp³-hybridized carbons (Fsp3) is 0.500. The van der Waals surface area contributed by atoms with Gasteiger partial charge in [-0.1, -0.05) is 6.92 Å². The molecule has 0 spiro atoms. The van der Waals surface area contributed by atoms with Crippen LogP contribution >= 0.6 is 0 Å². The van der Waals surface area contributed by atoms with Gasteiger partial charge in [0.15, 0.2) is 0 Å². The zero-order chi connectivity index (χ0) is 16.2. The Labute approximate surface area is 120 Å². The molecule has 3 nitrogen and oxygen atoms in total. The maximum Gasteiger partial charge on any atom is 0.416 e. The Bertz CT molecular complexity index is 502. The van der Waals surface area contributed by atoms with Crippen LogP contribution in [0.1, 0.15) is 22.8 Å². The molecule has 1 rings (SSSR count). The minimum Gasteiger partial charge on any atom is -0.384 e. The van der Waals surface area contributed by atoms with E-state index >= 15 is 0 Å². The number of rotatable bonds is 5. The van der Waals surface area contributed by atoms with Crippen LogP contribution < -0.4 is 0 Å². The smallest absolute Gasteiger partial charge is 0.384 e. The van der Waals surface area contributed by atoms with E-state index in [4.69, 9.17) is 4.74 Å². The third-order valence-electron chi connectivity index (χ3n) is 2.91. The fourth-order valence-corrected chi connectivity index (χ4v) is 1.96. The molecule has 21 heavy (non-hydrogen) atoms. The van der Waals surface area contributed by atoms with Gasteiger partial charge in [-0.25, -0.2) is 4.39 Å². The molecule has 0 aliphatic carbocycles. The summed E-state index contributed by atoms with van der Waals surface area (Å²) in [5.41, 5.74) is -1.64. The van der Waals surface area contributed by atoms with Crippen LogP contribution in [0.25, 0.3) is 0 Å². The van der Waals surface area contributed by atoms with Gasteiger partial charge in [-0.05, 0) is 24.1 Å². The van der Waals surface area contributed by atoms with Gasteiger partial charge in [0.05, 0.1) is 17.7 Å². The summed E-state index contributed by atoms with van der Waals surface area (Å²) in [6.07, 6.45) is -4.62. The standard InChI is InChI=1S/C14H17F4NO2/c1-9(8-21-3)7-19(2)13(20)11-6-10(14(16,17)18)4-5-12(11)15/h4-6,9H,7-8H2,1-3H3. The number of alkyl halides is 3. The SMILES string of the molecule is COCC(C)CN(C)C(=O)c1cc(C(F)(F)F)ccc1F. The number of hydrogen-bond acceptors (Lipinski definition) is 2. The molecular formula is C14H17F4NO2. The maximum absolute atomic E-state index is 13.6. The number of benzene rings is 1. The molecule has 1 aromatic carbocycles. The molecule has 0 bridgehead atoms. The van der Waals surface area contributed by atoms with Gasteiger partial charge in [-0.15, -0.1) is 0 Å². The first kappa shape index (κ1) is 17.4. The maximum atomic E-state index is 13.6. The van der Waals surface area contributed by atoms with Gasteiger partial charge in [-0.3, -0.25) is 4.79 Å². The zero-order valence-corrected chi connectivity index (χ0v) is 12.0. The number of carbonyl (C=O) groups is 1. The minimum absolute atomic E-state index is 0.0159. The number of amides is 1. The first-order valence-corrected chi connectivity index (χ1v) is 6.28. The Balaban J connectivity index is 2.96. The lowest BCUT2D eigenvalue weighted by molar-refractivity contribution is -0.137. The highest BCUT2D eigenvalue weighted by Gasteiger charge is 2.32. The van der Waals surface area contributed by atoms with Crippen molar-refractivity contribution < 1.29 is 27.1 Å². The van der Waals surface area contributed by atoms with E-state index in [-0.39, 0.29) is 12.5 Å². The van der Waals surface area contributed by atoms with Gasteiger partial charge in [0.25, 0.3) is 5.91 Å². The molecule has 0 aliphatic rings. The summed E-state index contributed by atoms with van der Waals surface area (Å²) < 4.78 is 56.4. The predicted octanol–water partition coefficient (Wildman–Crippen LogP) is 3.20. The molecule has 0 heterocycles. The molecule has 0 aliphatic heterocycles. The van der Waals surface area contributed by atoms with Crippen molar-refractivity contribution in [2.24, 2.45) is 5.92 Å². The van der Waals surface area contributed by atoms with E-state index in [1.807, 2.05) is 6.92 Å². The molecule has 1 aromatic rings. The van der Waals surface area contributed by atoms with Crippen molar-refractivity contribution in [3.63, 3.8) is 0 Å². The van der Waals surface area contributed by atoms with Gasteiger partial charge >= 0.3 is 6.18 Å². The second kappa shape index (κ2) is 6.89. The summed E-state index contributed by atoms with van der Waals surface area (Å²) in [4.78, 5) is 13.2. The molecule has 118 valence electrons. The van der Waals surface area contributed by atoms with Crippen LogP contribution in [0.3, 0.4) is 0 Å². The molecular weight excluding hydrogens is 290 g/mol. The second-order valence-electron chi connectivity index (χ2n) is 4.94. The number of methoxy groups -OCH3 is 1. The average Bonchev–Trinajstić information content (AvgIpc) is 2.37. The molecule has 0 radical (unpaired) electrons. The Hall–Kier alpha value is -1.63. The van der Waals surface area contributed by atoms with E-state index in [1.54, 1.807) is 0 Å². The highest BCUT2D eigenvalue weighted by molar-refractivity contribution is 5.94. The van der Waals surface area contributed by atoms with E-state index in [9.17, 15) is 22.4 Å². The summed E-state index contributed by atoms with van der Waals surface area (Å²) in [6, 6.07) is 1.80. The van der Waals surface area contributed by atoms with Crippen LogP contribution in [0.2, 0.25) is 0 Å². The lowest BCUT2D eigenvalue weighted by Gasteiger charge is -2.22. The topological polar surface area (TPSA) is 29.5 Å². The van der Waals surface area contributed by atoms with Gasteiger partial charge in [0.1, 0.15) is 5.82 Å². The quantitative estimate of drug-likeness (QED) is 0.782. The van der Waals surface area contributed by atoms with E-state index < -0.39 is 29.0 Å². The molecule has 7 heteroatoms. The summed E-state index contributed by atoms with van der Waals surface area (Å²) in [7, 11) is 2.92. The predicted molar refractivity (Wildman–Crippen MR) is 69.4 cm³/mol. The Morgan fingerprint density at radius 1 is 1.38 bits per heavy atom. The van der Waals surface area contributed by atoms with Crippen molar-refractivity contribution in [2.75, 3.05) is 27.3 Å². The minimum atomic E-state index is -4.62. The van der Waals surface area contributed by atoms with E-state index in [2.05, 4.69) is 0 Å². The molecule has 0 N–H and O–H groups in total. The van der Waals surface area contributed by atoms with Crippen LogP contribution in [-0.2, 0) is 10.9 Å². The van der Waals surface area contributed by atoms with Crippen molar-refractivity contribution >= 4 is 5.91 Å². The third-order valence-corrected chi connectivity index (χ3v) is 2.91. The number of hydrogen-bond donors (Lipinski definition) is 0. The average molecular weight is 307 g/mol. The van der Waals surface area contributed by atoms with Crippen LogP contribution in [-0.4, -0.2) is 38.1 Å². The van der Waals surface area contributed by atoms with E-state index in [0.29, 0.717) is 24.8 Å². The van der Waals surface area contributed by atoms with Crippen LogP contribution in [0.4, 0.5) is 17.6 Å². The summed E-state index contributed by atoms with van der Waals surface area (Å²) in [5.74, 6) is -1.78. The van der Waals surface area contributed by atoms with E-state index in [1.165, 1.54) is 19.1 Å². The molecule has 0 saturated heterocycles. The first-order chi connectivity index (χ1) is 9.66. The van der Waals surface area contributed by atoms with Crippen molar-refractivity contribution in [1.29, 1.82) is 0 Å². The Kier molecular flexibility index (Phi) is 5.71. The van der Waals surface area contributed by atoms with Crippen LogP contribution in [0.5, 0.6) is 0 Å². The normalized spacial score (nSPS) is 13.1. The highest BCUT2D eigenvalue weighted by atomic mass is 19.4. The molecule has 0 saturated carbocycles. The number of carbonyl (C=O) groups excluding carboxylic acids is 1. The van der Waals surface area contributed by atoms with Gasteiger partial charge in [0, 0.05) is 20.7 Å².